The van der Waals surface area contributed by atoms with Gasteiger partial charge in [0.25, 0.3) is 0 Å². The Kier molecular flexibility index (Phi) is 4.17. The molecular weight excluding hydrogens is 102 g/mol. The normalized spacial score (nSPS) is 8.62. The standard InChI is InChI=1S/C6H11NO/c1-3-4-8-5-6(2)7/h3,7H,1,4-5H2,2H3. The van der Waals surface area contributed by atoms with Gasteiger partial charge in [-0.15, -0.1) is 6.58 Å². The summed E-state index contributed by atoms with van der Waals surface area (Å²) in [5.74, 6) is 0. The lowest BCUT2D eigenvalue weighted by atomic mass is 10.5. The average Bonchev–Trinajstić information content (AvgIpc) is 1.66. The SMILES string of the molecule is C=CCOCC(C)=N. The van der Waals surface area contributed by atoms with E-state index in [2.05, 4.69) is 6.58 Å². The maximum absolute atomic E-state index is 6.91. The van der Waals surface area contributed by atoms with E-state index in [0.29, 0.717) is 18.9 Å². The predicted octanol–water partition coefficient (Wildman–Crippen LogP) is 1.23. The van der Waals surface area contributed by atoms with Crippen LogP contribution in [-0.4, -0.2) is 18.9 Å². The first-order valence-electron chi connectivity index (χ1n) is 2.50. The van der Waals surface area contributed by atoms with E-state index in [0.717, 1.165) is 0 Å². The van der Waals surface area contributed by atoms with Crippen molar-refractivity contribution < 1.29 is 4.74 Å². The summed E-state index contributed by atoms with van der Waals surface area (Å²) < 4.78 is 4.90. The Hall–Kier alpha value is -0.630. The smallest absolute Gasteiger partial charge is 0.0842 e. The zero-order valence-corrected chi connectivity index (χ0v) is 5.11. The van der Waals surface area contributed by atoms with Gasteiger partial charge in [-0.05, 0) is 6.92 Å². The van der Waals surface area contributed by atoms with Crippen LogP contribution < -0.4 is 0 Å². The van der Waals surface area contributed by atoms with E-state index in [1.807, 2.05) is 0 Å². The topological polar surface area (TPSA) is 33.1 Å². The second kappa shape index (κ2) is 4.53. The van der Waals surface area contributed by atoms with Crippen molar-refractivity contribution in [1.82, 2.24) is 0 Å². The maximum Gasteiger partial charge on any atom is 0.0842 e. The van der Waals surface area contributed by atoms with Crippen LogP contribution in [0, 0.1) is 5.41 Å². The molecule has 0 aromatic rings. The minimum atomic E-state index is 0.423. The zero-order valence-electron chi connectivity index (χ0n) is 5.11. The molecular formula is C6H11NO. The van der Waals surface area contributed by atoms with Gasteiger partial charge < -0.3 is 10.1 Å². The van der Waals surface area contributed by atoms with Crippen LogP contribution in [0.5, 0.6) is 0 Å². The molecule has 0 radical (unpaired) electrons. The highest BCUT2D eigenvalue weighted by Crippen LogP contribution is 1.75. The van der Waals surface area contributed by atoms with Crippen LogP contribution in [0.1, 0.15) is 6.92 Å². The van der Waals surface area contributed by atoms with E-state index >= 15 is 0 Å². The number of hydrogen-bond donors (Lipinski definition) is 1. The minimum Gasteiger partial charge on any atom is -0.372 e. The van der Waals surface area contributed by atoms with Crippen molar-refractivity contribution in [1.29, 1.82) is 5.41 Å². The van der Waals surface area contributed by atoms with E-state index in [1.54, 1.807) is 13.0 Å². The maximum atomic E-state index is 6.91. The zero-order chi connectivity index (χ0) is 6.41. The van der Waals surface area contributed by atoms with Crippen LogP contribution in [0.4, 0.5) is 0 Å². The summed E-state index contributed by atoms with van der Waals surface area (Å²) >= 11 is 0. The van der Waals surface area contributed by atoms with Gasteiger partial charge in [0.05, 0.1) is 13.2 Å². The molecule has 1 N–H and O–H groups in total. The molecule has 0 spiro atoms. The number of nitrogens with one attached hydrogen (secondary N) is 1. The quantitative estimate of drug-likeness (QED) is 0.332. The molecule has 0 heterocycles. The summed E-state index contributed by atoms with van der Waals surface area (Å²) in [5, 5.41) is 6.91. The molecule has 0 aliphatic rings. The summed E-state index contributed by atoms with van der Waals surface area (Å²) in [6.45, 7) is 6.13. The van der Waals surface area contributed by atoms with Gasteiger partial charge in [0, 0.05) is 5.71 Å². The fourth-order valence-corrected chi connectivity index (χ4v) is 0.295. The molecule has 2 heteroatoms. The third kappa shape index (κ3) is 5.37. The first-order valence-corrected chi connectivity index (χ1v) is 2.50. The molecule has 0 unspecified atom stereocenters. The van der Waals surface area contributed by atoms with Crippen molar-refractivity contribution in [2.45, 2.75) is 6.92 Å². The third-order valence-corrected chi connectivity index (χ3v) is 0.554. The summed E-state index contributed by atoms with van der Waals surface area (Å²) in [7, 11) is 0. The highest BCUT2D eigenvalue weighted by atomic mass is 16.5. The van der Waals surface area contributed by atoms with Crippen molar-refractivity contribution in [3.8, 4) is 0 Å². The molecule has 2 nitrogen and oxygen atoms in total. The van der Waals surface area contributed by atoms with Gasteiger partial charge in [0.2, 0.25) is 0 Å². The summed E-state index contributed by atoms with van der Waals surface area (Å²) in [5.41, 5.74) is 0.548. The van der Waals surface area contributed by atoms with Crippen LogP contribution >= 0.6 is 0 Å². The highest BCUT2D eigenvalue weighted by Gasteiger charge is 1.83. The van der Waals surface area contributed by atoms with Gasteiger partial charge in [-0.25, -0.2) is 0 Å². The van der Waals surface area contributed by atoms with E-state index in [1.165, 1.54) is 0 Å². The molecule has 0 atom stereocenters. The minimum absolute atomic E-state index is 0.423. The molecule has 0 amide bonds. The summed E-state index contributed by atoms with van der Waals surface area (Å²) in [4.78, 5) is 0. The Morgan fingerprint density at radius 3 is 2.88 bits per heavy atom. The lowest BCUT2D eigenvalue weighted by Crippen LogP contribution is -2.02. The van der Waals surface area contributed by atoms with Crippen LogP contribution in [0.25, 0.3) is 0 Å². The van der Waals surface area contributed by atoms with Crippen molar-refractivity contribution in [3.63, 3.8) is 0 Å². The van der Waals surface area contributed by atoms with Gasteiger partial charge in [-0.2, -0.15) is 0 Å². The molecule has 0 aromatic heterocycles. The van der Waals surface area contributed by atoms with Crippen LogP contribution in [0.2, 0.25) is 0 Å². The van der Waals surface area contributed by atoms with Crippen molar-refractivity contribution >= 4 is 5.71 Å². The molecule has 0 rings (SSSR count). The van der Waals surface area contributed by atoms with Gasteiger partial charge >= 0.3 is 0 Å². The number of ether oxygens (including phenoxy) is 1. The van der Waals surface area contributed by atoms with Gasteiger partial charge in [-0.3, -0.25) is 0 Å². The molecule has 0 aliphatic heterocycles. The van der Waals surface area contributed by atoms with Crippen molar-refractivity contribution in [3.05, 3.63) is 12.7 Å². The predicted molar refractivity (Wildman–Crippen MR) is 34.4 cm³/mol. The van der Waals surface area contributed by atoms with E-state index in [-0.39, 0.29) is 0 Å². The Morgan fingerprint density at radius 1 is 1.88 bits per heavy atom. The van der Waals surface area contributed by atoms with Gasteiger partial charge in [0.15, 0.2) is 0 Å². The molecule has 46 valence electrons. The fraction of sp³-hybridized carbons (Fsp3) is 0.500. The Morgan fingerprint density at radius 2 is 2.50 bits per heavy atom. The molecule has 0 saturated heterocycles. The van der Waals surface area contributed by atoms with E-state index < -0.39 is 0 Å². The molecule has 0 aliphatic carbocycles. The fourth-order valence-electron chi connectivity index (χ4n) is 0.295. The lowest BCUT2D eigenvalue weighted by molar-refractivity contribution is 0.203. The third-order valence-electron chi connectivity index (χ3n) is 0.554. The second-order valence-corrected chi connectivity index (χ2v) is 1.58. The molecule has 0 saturated carbocycles. The summed E-state index contributed by atoms with van der Waals surface area (Å²) in [6, 6.07) is 0. The summed E-state index contributed by atoms with van der Waals surface area (Å²) in [6.07, 6.45) is 1.67. The van der Waals surface area contributed by atoms with Crippen LogP contribution in [-0.2, 0) is 4.74 Å². The largest absolute Gasteiger partial charge is 0.372 e. The number of rotatable bonds is 4. The Balaban J connectivity index is 2.93. The monoisotopic (exact) mass is 113 g/mol. The molecule has 0 fully saturated rings. The Bertz CT molecular complexity index is 88.5. The average molecular weight is 113 g/mol. The van der Waals surface area contributed by atoms with E-state index in [9.17, 15) is 0 Å². The van der Waals surface area contributed by atoms with Crippen LogP contribution in [0.15, 0.2) is 12.7 Å². The van der Waals surface area contributed by atoms with Crippen LogP contribution in [0.3, 0.4) is 0 Å². The van der Waals surface area contributed by atoms with E-state index in [4.69, 9.17) is 10.1 Å². The van der Waals surface area contributed by atoms with Gasteiger partial charge in [0.1, 0.15) is 0 Å². The Labute approximate surface area is 49.7 Å². The van der Waals surface area contributed by atoms with Crippen molar-refractivity contribution in [2.75, 3.05) is 13.2 Å². The first kappa shape index (κ1) is 7.37. The second-order valence-electron chi connectivity index (χ2n) is 1.58. The van der Waals surface area contributed by atoms with Gasteiger partial charge in [-0.1, -0.05) is 6.08 Å². The molecule has 0 aromatic carbocycles. The first-order chi connectivity index (χ1) is 3.77. The van der Waals surface area contributed by atoms with Crippen molar-refractivity contribution in [2.24, 2.45) is 0 Å². The highest BCUT2D eigenvalue weighted by molar-refractivity contribution is 5.79. The number of hydrogen-bond acceptors (Lipinski definition) is 2. The lowest BCUT2D eigenvalue weighted by Gasteiger charge is -1.95. The molecule has 8 heavy (non-hydrogen) atoms. The molecule has 0 bridgehead atoms.